The molecule has 1 saturated heterocycles. The van der Waals surface area contributed by atoms with Crippen molar-refractivity contribution in [3.05, 3.63) is 53.7 Å². The predicted molar refractivity (Wildman–Crippen MR) is 118 cm³/mol. The third-order valence-electron chi connectivity index (χ3n) is 5.72. The van der Waals surface area contributed by atoms with E-state index in [0.717, 1.165) is 31.6 Å². The highest BCUT2D eigenvalue weighted by atomic mass is 16.2. The van der Waals surface area contributed by atoms with Gasteiger partial charge in [0.25, 0.3) is 5.91 Å². The van der Waals surface area contributed by atoms with Crippen LogP contribution < -0.4 is 10.2 Å². The van der Waals surface area contributed by atoms with Crippen molar-refractivity contribution in [2.24, 2.45) is 0 Å². The number of carbonyl (C=O) groups is 2. The van der Waals surface area contributed by atoms with Crippen molar-refractivity contribution in [3.63, 3.8) is 0 Å². The van der Waals surface area contributed by atoms with Crippen LogP contribution in [0.1, 0.15) is 28.8 Å². The summed E-state index contributed by atoms with van der Waals surface area (Å²) in [5.41, 5.74) is 2.15. The lowest BCUT2D eigenvalue weighted by atomic mass is 10.1. The number of rotatable bonds is 6. The molecule has 0 spiro atoms. The van der Waals surface area contributed by atoms with Crippen LogP contribution >= 0.6 is 0 Å². The van der Waals surface area contributed by atoms with Crippen molar-refractivity contribution in [3.8, 4) is 6.07 Å². The zero-order valence-corrected chi connectivity index (χ0v) is 17.5. The average Bonchev–Trinajstić information content (AvgIpc) is 2.81. The van der Waals surface area contributed by atoms with Gasteiger partial charge in [0, 0.05) is 38.8 Å². The van der Waals surface area contributed by atoms with Crippen molar-refractivity contribution >= 4 is 23.3 Å². The summed E-state index contributed by atoms with van der Waals surface area (Å²) in [6.45, 7) is 4.41. The minimum Gasteiger partial charge on any atom is -0.359 e. The van der Waals surface area contributed by atoms with E-state index >= 15 is 0 Å². The van der Waals surface area contributed by atoms with E-state index in [4.69, 9.17) is 5.26 Å². The summed E-state index contributed by atoms with van der Waals surface area (Å²) in [5, 5.41) is 11.7. The number of carbonyl (C=O) groups excluding carboxylic acids is 2. The van der Waals surface area contributed by atoms with Gasteiger partial charge in [-0.05, 0) is 24.6 Å². The Bertz CT molecular complexity index is 979. The molecule has 1 N–H and O–H groups in total. The molecule has 2 aromatic rings. The van der Waals surface area contributed by atoms with E-state index in [-0.39, 0.29) is 18.4 Å². The first-order valence-electron chi connectivity index (χ1n) is 10.6. The van der Waals surface area contributed by atoms with E-state index in [9.17, 15) is 9.59 Å². The number of nitrogens with zero attached hydrogens (tertiary/aromatic N) is 5. The summed E-state index contributed by atoms with van der Waals surface area (Å²) in [4.78, 5) is 36.0. The highest BCUT2D eigenvalue weighted by Gasteiger charge is 2.28. The molecule has 2 amide bonds. The summed E-state index contributed by atoms with van der Waals surface area (Å²) in [5.74, 6) is 0.507. The Morgan fingerprint density at radius 3 is 2.68 bits per heavy atom. The van der Waals surface area contributed by atoms with Crippen molar-refractivity contribution < 1.29 is 9.59 Å². The Labute approximate surface area is 182 Å². The van der Waals surface area contributed by atoms with Crippen LogP contribution in [-0.2, 0) is 11.3 Å². The largest absolute Gasteiger partial charge is 0.359 e. The molecule has 8 heteroatoms. The van der Waals surface area contributed by atoms with Crippen LogP contribution in [0.15, 0.2) is 42.6 Å². The predicted octanol–water partition coefficient (Wildman–Crippen LogP) is 2.10. The number of nitriles is 1. The number of unbranched alkanes of at least 4 members (excludes halogenated alkanes) is 1. The molecule has 1 fully saturated rings. The molecule has 31 heavy (non-hydrogen) atoms. The minimum atomic E-state index is -0.0651. The van der Waals surface area contributed by atoms with Crippen LogP contribution in [-0.4, -0.2) is 65.9 Å². The van der Waals surface area contributed by atoms with E-state index in [1.165, 1.54) is 0 Å². The van der Waals surface area contributed by atoms with Crippen molar-refractivity contribution in [2.75, 3.05) is 49.5 Å². The first-order valence-corrected chi connectivity index (χ1v) is 10.6. The number of pyridine rings is 1. The quantitative estimate of drug-likeness (QED) is 0.723. The molecule has 0 aliphatic carbocycles. The van der Waals surface area contributed by atoms with Crippen molar-refractivity contribution in [2.45, 2.75) is 19.4 Å². The normalized spacial score (nSPS) is 16.4. The molecule has 0 bridgehead atoms. The fraction of sp³-hybridized carbons (Fsp3) is 0.391. The Balaban J connectivity index is 1.46. The molecule has 8 nitrogen and oxygen atoms in total. The number of hydrogen-bond acceptors (Lipinski definition) is 6. The van der Waals surface area contributed by atoms with E-state index in [1.54, 1.807) is 17.2 Å². The van der Waals surface area contributed by atoms with Crippen molar-refractivity contribution in [1.29, 1.82) is 5.26 Å². The van der Waals surface area contributed by atoms with Gasteiger partial charge in [-0.25, -0.2) is 4.98 Å². The Hall–Kier alpha value is -3.44. The molecule has 0 saturated carbocycles. The van der Waals surface area contributed by atoms with Gasteiger partial charge in [-0.3, -0.25) is 14.5 Å². The minimum absolute atomic E-state index is 0.0475. The maximum Gasteiger partial charge on any atom is 0.255 e. The van der Waals surface area contributed by atoms with Gasteiger partial charge in [0.05, 0.1) is 30.4 Å². The smallest absolute Gasteiger partial charge is 0.255 e. The molecule has 160 valence electrons. The van der Waals surface area contributed by atoms with E-state index in [2.05, 4.69) is 21.3 Å². The number of aromatic nitrogens is 1. The molecule has 1 aromatic heterocycles. The number of anilines is 2. The van der Waals surface area contributed by atoms with Gasteiger partial charge in [0.15, 0.2) is 5.82 Å². The van der Waals surface area contributed by atoms with E-state index in [1.807, 2.05) is 35.2 Å². The van der Waals surface area contributed by atoms with Gasteiger partial charge in [-0.2, -0.15) is 5.26 Å². The maximum absolute atomic E-state index is 13.1. The first-order chi connectivity index (χ1) is 15.2. The summed E-state index contributed by atoms with van der Waals surface area (Å²) in [6.07, 6.45) is 3.01. The lowest BCUT2D eigenvalue weighted by Gasteiger charge is -2.35. The Kier molecular flexibility index (Phi) is 6.43. The molecule has 0 atom stereocenters. The van der Waals surface area contributed by atoms with Gasteiger partial charge < -0.3 is 15.1 Å². The fourth-order valence-electron chi connectivity index (χ4n) is 3.98. The lowest BCUT2D eigenvalue weighted by molar-refractivity contribution is -0.117. The second-order valence-electron chi connectivity index (χ2n) is 7.81. The highest BCUT2D eigenvalue weighted by molar-refractivity contribution is 6.04. The molecule has 1 aromatic carbocycles. The van der Waals surface area contributed by atoms with Crippen LogP contribution in [0.5, 0.6) is 0 Å². The second kappa shape index (κ2) is 9.58. The fourth-order valence-corrected chi connectivity index (χ4v) is 3.98. The van der Waals surface area contributed by atoms with Gasteiger partial charge in [-0.1, -0.05) is 30.3 Å². The maximum atomic E-state index is 13.1. The third-order valence-corrected chi connectivity index (χ3v) is 5.72. The SMILES string of the molecule is N#CCCCN1CCN(C(=O)c2cnc3c(c2)N(Cc2ccccc2)C(=O)CN3)CC1. The number of benzene rings is 1. The standard InChI is InChI=1S/C23H26N6O2/c24-8-4-5-9-27-10-12-28(13-11-27)23(31)19-14-20-22(25-15-19)26-16-21(30)29(20)17-18-6-2-1-3-7-18/h1-3,6-7,14-15H,4-5,9-13,16-17H2,(H,25,26). The van der Waals surface area contributed by atoms with Gasteiger partial charge in [-0.15, -0.1) is 0 Å². The van der Waals surface area contributed by atoms with E-state index in [0.29, 0.717) is 43.1 Å². The van der Waals surface area contributed by atoms with Crippen LogP contribution in [0.3, 0.4) is 0 Å². The summed E-state index contributed by atoms with van der Waals surface area (Å²) in [6, 6.07) is 13.7. The molecule has 0 unspecified atom stereocenters. The second-order valence-corrected chi connectivity index (χ2v) is 7.81. The van der Waals surface area contributed by atoms with Gasteiger partial charge in [0.1, 0.15) is 0 Å². The molecule has 3 heterocycles. The van der Waals surface area contributed by atoms with Crippen LogP contribution in [0.4, 0.5) is 11.5 Å². The number of nitrogens with one attached hydrogen (secondary N) is 1. The number of amides is 2. The molecular formula is C23H26N6O2. The van der Waals surface area contributed by atoms with Gasteiger partial charge >= 0.3 is 0 Å². The monoisotopic (exact) mass is 418 g/mol. The van der Waals surface area contributed by atoms with E-state index < -0.39 is 0 Å². The average molecular weight is 419 g/mol. The van der Waals surface area contributed by atoms with Gasteiger partial charge in [0.2, 0.25) is 5.91 Å². The summed E-state index contributed by atoms with van der Waals surface area (Å²) >= 11 is 0. The number of piperazine rings is 1. The highest BCUT2D eigenvalue weighted by Crippen LogP contribution is 2.30. The third kappa shape index (κ3) is 4.84. The van der Waals surface area contributed by atoms with Crippen LogP contribution in [0, 0.1) is 11.3 Å². The first kappa shape index (κ1) is 20.8. The molecule has 2 aliphatic rings. The number of hydrogen-bond donors (Lipinski definition) is 1. The molecular weight excluding hydrogens is 392 g/mol. The lowest BCUT2D eigenvalue weighted by Crippen LogP contribution is -2.49. The molecule has 2 aliphatic heterocycles. The Morgan fingerprint density at radius 1 is 1.16 bits per heavy atom. The van der Waals surface area contributed by atoms with Crippen LogP contribution in [0.2, 0.25) is 0 Å². The molecule has 4 rings (SSSR count). The zero-order chi connectivity index (χ0) is 21.6. The Morgan fingerprint density at radius 2 is 1.94 bits per heavy atom. The number of fused-ring (bicyclic) bond motifs is 1. The van der Waals surface area contributed by atoms with Crippen molar-refractivity contribution in [1.82, 2.24) is 14.8 Å². The van der Waals surface area contributed by atoms with Crippen LogP contribution in [0.25, 0.3) is 0 Å². The summed E-state index contributed by atoms with van der Waals surface area (Å²) in [7, 11) is 0. The molecule has 0 radical (unpaired) electrons. The zero-order valence-electron chi connectivity index (χ0n) is 17.5. The topological polar surface area (TPSA) is 92.6 Å². The summed E-state index contributed by atoms with van der Waals surface area (Å²) < 4.78 is 0.